The fraction of sp³-hybridized carbons (Fsp3) is 0.130. The van der Waals surface area contributed by atoms with E-state index in [2.05, 4.69) is 10.6 Å². The Morgan fingerprint density at radius 2 is 1.43 bits per heavy atom. The molecule has 1 atom stereocenters. The van der Waals surface area contributed by atoms with Crippen LogP contribution in [0.4, 0.5) is 15.8 Å². The van der Waals surface area contributed by atoms with Gasteiger partial charge in [0.2, 0.25) is 11.8 Å². The van der Waals surface area contributed by atoms with Gasteiger partial charge in [-0.1, -0.05) is 18.2 Å². The fourth-order valence-electron chi connectivity index (χ4n) is 2.48. The lowest BCUT2D eigenvalue weighted by Gasteiger charge is -2.13. The minimum atomic E-state index is -0.427. The third kappa shape index (κ3) is 6.63. The van der Waals surface area contributed by atoms with E-state index in [0.717, 1.165) is 5.75 Å². The Bertz CT molecular complexity index is 980. The van der Waals surface area contributed by atoms with Crippen molar-refractivity contribution in [3.05, 3.63) is 84.7 Å². The molecule has 0 bridgehead atoms. The number of hydrogen-bond acceptors (Lipinski definition) is 4. The van der Waals surface area contributed by atoms with E-state index < -0.39 is 5.25 Å². The van der Waals surface area contributed by atoms with E-state index in [0.29, 0.717) is 17.1 Å². The minimum absolute atomic E-state index is 0.107. The number of halogens is 1. The first kappa shape index (κ1) is 21.4. The number of amides is 2. The van der Waals surface area contributed by atoms with Crippen LogP contribution in [0.25, 0.3) is 0 Å². The van der Waals surface area contributed by atoms with Crippen molar-refractivity contribution < 1.29 is 18.7 Å². The highest BCUT2D eigenvalue weighted by molar-refractivity contribution is 8.01. The van der Waals surface area contributed by atoms with Gasteiger partial charge in [0.15, 0.2) is 0 Å². The van der Waals surface area contributed by atoms with Crippen molar-refractivity contribution in [2.24, 2.45) is 0 Å². The Morgan fingerprint density at radius 1 is 0.867 bits per heavy atom. The number of rotatable bonds is 8. The molecule has 0 fully saturated rings. The summed E-state index contributed by atoms with van der Waals surface area (Å²) in [5.41, 5.74) is 1.15. The maximum Gasteiger partial charge on any atom is 0.237 e. The minimum Gasteiger partial charge on any atom is -0.457 e. The summed E-state index contributed by atoms with van der Waals surface area (Å²) >= 11 is 1.22. The van der Waals surface area contributed by atoms with Crippen molar-refractivity contribution >= 4 is 35.0 Å². The van der Waals surface area contributed by atoms with Gasteiger partial charge in [-0.25, -0.2) is 4.39 Å². The van der Waals surface area contributed by atoms with E-state index >= 15 is 0 Å². The van der Waals surface area contributed by atoms with Crippen LogP contribution in [0.15, 0.2) is 78.9 Å². The van der Waals surface area contributed by atoms with Crippen LogP contribution in [-0.4, -0.2) is 22.8 Å². The lowest BCUT2D eigenvalue weighted by molar-refractivity contribution is -0.115. The Labute approximate surface area is 178 Å². The number of para-hydroxylation sites is 1. The number of anilines is 2. The first-order chi connectivity index (χ1) is 14.5. The summed E-state index contributed by atoms with van der Waals surface area (Å²) in [4.78, 5) is 24.4. The molecule has 2 amide bonds. The highest BCUT2D eigenvalue weighted by atomic mass is 32.2. The summed E-state index contributed by atoms with van der Waals surface area (Å²) in [6, 6.07) is 22.0. The van der Waals surface area contributed by atoms with Crippen LogP contribution in [0, 0.1) is 5.82 Å². The van der Waals surface area contributed by atoms with Crippen LogP contribution in [0.3, 0.4) is 0 Å². The monoisotopic (exact) mass is 424 g/mol. The molecule has 3 aromatic carbocycles. The smallest absolute Gasteiger partial charge is 0.237 e. The number of carbonyl (C=O) groups is 2. The van der Waals surface area contributed by atoms with Gasteiger partial charge in [0.05, 0.1) is 11.0 Å². The number of nitrogens with one attached hydrogen (secondary N) is 2. The lowest BCUT2D eigenvalue weighted by Crippen LogP contribution is -2.25. The van der Waals surface area contributed by atoms with Gasteiger partial charge in [0.25, 0.3) is 0 Å². The molecule has 30 heavy (non-hydrogen) atoms. The third-order valence-electron chi connectivity index (χ3n) is 4.06. The zero-order chi connectivity index (χ0) is 21.3. The quantitative estimate of drug-likeness (QED) is 0.514. The largest absolute Gasteiger partial charge is 0.457 e. The van der Waals surface area contributed by atoms with Gasteiger partial charge < -0.3 is 15.4 Å². The molecule has 0 heterocycles. The zero-order valence-corrected chi connectivity index (χ0v) is 17.1. The maximum atomic E-state index is 12.9. The molecule has 0 radical (unpaired) electrons. The molecule has 7 heteroatoms. The van der Waals surface area contributed by atoms with Gasteiger partial charge in [-0.05, 0) is 67.6 Å². The van der Waals surface area contributed by atoms with Gasteiger partial charge in [0.1, 0.15) is 17.3 Å². The van der Waals surface area contributed by atoms with E-state index in [9.17, 15) is 14.0 Å². The summed E-state index contributed by atoms with van der Waals surface area (Å²) < 4.78 is 18.6. The molecule has 0 spiro atoms. The number of ether oxygens (including phenoxy) is 1. The van der Waals surface area contributed by atoms with Crippen LogP contribution in [0.5, 0.6) is 11.5 Å². The second kappa shape index (κ2) is 10.5. The average Bonchev–Trinajstić information content (AvgIpc) is 2.76. The predicted octanol–water partition coefficient (Wildman–Crippen LogP) is 5.32. The molecular formula is C23H21FN2O3S. The van der Waals surface area contributed by atoms with Crippen molar-refractivity contribution in [3.8, 4) is 11.5 Å². The molecule has 0 aliphatic carbocycles. The number of thioether (sulfide) groups is 1. The molecule has 0 aliphatic rings. The standard InChI is InChI=1S/C23H21FN2O3S/c1-16(30-15-22(27)25-18-9-7-17(24)8-10-18)23(28)26-19-11-13-21(14-12-19)29-20-5-3-2-4-6-20/h2-14,16H,15H2,1H3,(H,25,27)(H,26,28). The molecule has 1 unspecified atom stereocenters. The Balaban J connectivity index is 1.44. The maximum absolute atomic E-state index is 12.9. The van der Waals surface area contributed by atoms with Crippen molar-refractivity contribution in [2.45, 2.75) is 12.2 Å². The molecule has 3 rings (SSSR count). The number of benzene rings is 3. The van der Waals surface area contributed by atoms with Gasteiger partial charge >= 0.3 is 0 Å². The normalized spacial score (nSPS) is 11.4. The highest BCUT2D eigenvalue weighted by Crippen LogP contribution is 2.23. The first-order valence-corrected chi connectivity index (χ1v) is 10.4. The van der Waals surface area contributed by atoms with Crippen LogP contribution >= 0.6 is 11.8 Å². The summed E-state index contributed by atoms with van der Waals surface area (Å²) in [5.74, 6) is 0.681. The summed E-state index contributed by atoms with van der Waals surface area (Å²) in [6.45, 7) is 1.73. The SMILES string of the molecule is CC(SCC(=O)Nc1ccc(F)cc1)C(=O)Nc1ccc(Oc2ccccc2)cc1. The van der Waals surface area contributed by atoms with E-state index in [4.69, 9.17) is 4.74 Å². The van der Waals surface area contributed by atoms with Gasteiger partial charge in [-0.15, -0.1) is 11.8 Å². The van der Waals surface area contributed by atoms with Gasteiger partial charge in [-0.2, -0.15) is 0 Å². The Hall–Kier alpha value is -3.32. The fourth-order valence-corrected chi connectivity index (χ4v) is 3.17. The van der Waals surface area contributed by atoms with E-state index in [1.54, 1.807) is 31.2 Å². The second-order valence-corrected chi connectivity index (χ2v) is 7.77. The molecule has 0 aliphatic heterocycles. The average molecular weight is 424 g/mol. The van der Waals surface area contributed by atoms with E-state index in [1.165, 1.54) is 36.0 Å². The van der Waals surface area contributed by atoms with Crippen molar-refractivity contribution in [1.29, 1.82) is 0 Å². The van der Waals surface area contributed by atoms with Gasteiger partial charge in [0, 0.05) is 11.4 Å². The molecular weight excluding hydrogens is 403 g/mol. The second-order valence-electron chi connectivity index (χ2n) is 6.44. The summed E-state index contributed by atoms with van der Waals surface area (Å²) in [5, 5.41) is 5.06. The van der Waals surface area contributed by atoms with Crippen LogP contribution in [-0.2, 0) is 9.59 Å². The Morgan fingerprint density at radius 3 is 2.10 bits per heavy atom. The van der Waals surface area contributed by atoms with Crippen molar-refractivity contribution in [3.63, 3.8) is 0 Å². The lowest BCUT2D eigenvalue weighted by atomic mass is 10.3. The number of hydrogen-bond donors (Lipinski definition) is 2. The first-order valence-electron chi connectivity index (χ1n) is 9.30. The zero-order valence-electron chi connectivity index (χ0n) is 16.3. The van der Waals surface area contributed by atoms with Crippen molar-refractivity contribution in [2.75, 3.05) is 16.4 Å². The topological polar surface area (TPSA) is 67.4 Å². The van der Waals surface area contributed by atoms with Crippen LogP contribution in [0.1, 0.15) is 6.92 Å². The molecule has 154 valence electrons. The molecule has 0 aromatic heterocycles. The summed E-state index contributed by atoms with van der Waals surface area (Å²) in [7, 11) is 0. The Kier molecular flexibility index (Phi) is 7.45. The molecule has 5 nitrogen and oxygen atoms in total. The van der Waals surface area contributed by atoms with E-state index in [1.807, 2.05) is 30.3 Å². The number of carbonyl (C=O) groups excluding carboxylic acids is 2. The van der Waals surface area contributed by atoms with Crippen LogP contribution in [0.2, 0.25) is 0 Å². The third-order valence-corrected chi connectivity index (χ3v) is 5.21. The van der Waals surface area contributed by atoms with Gasteiger partial charge in [-0.3, -0.25) is 9.59 Å². The molecule has 2 N–H and O–H groups in total. The predicted molar refractivity (Wildman–Crippen MR) is 119 cm³/mol. The van der Waals surface area contributed by atoms with Crippen LogP contribution < -0.4 is 15.4 Å². The highest BCUT2D eigenvalue weighted by Gasteiger charge is 2.15. The molecule has 0 saturated carbocycles. The summed E-state index contributed by atoms with van der Waals surface area (Å²) in [6.07, 6.45) is 0. The van der Waals surface area contributed by atoms with Crippen molar-refractivity contribution in [1.82, 2.24) is 0 Å². The molecule has 0 saturated heterocycles. The van der Waals surface area contributed by atoms with E-state index in [-0.39, 0.29) is 23.4 Å². The molecule has 3 aromatic rings.